The molecule has 5 nitrogen and oxygen atoms in total. The zero-order chi connectivity index (χ0) is 14.5. The van der Waals surface area contributed by atoms with Crippen molar-refractivity contribution in [3.8, 4) is 5.75 Å². The van der Waals surface area contributed by atoms with Crippen LogP contribution < -0.4 is 15.0 Å². The number of nitrogens with zero attached hydrogens (tertiary/aromatic N) is 3. The molecule has 1 aromatic carbocycles. The van der Waals surface area contributed by atoms with E-state index in [-0.39, 0.29) is 0 Å². The van der Waals surface area contributed by atoms with E-state index in [9.17, 15) is 0 Å². The molecule has 5 heteroatoms. The van der Waals surface area contributed by atoms with Gasteiger partial charge in [-0.15, -0.1) is 0 Å². The molecule has 0 spiro atoms. The number of rotatable bonds is 5. The second kappa shape index (κ2) is 6.43. The molecule has 1 aromatic heterocycles. The first-order valence-corrected chi connectivity index (χ1v) is 7.25. The maximum Gasteiger partial charge on any atom is 0.222 e. The third-order valence-electron chi connectivity index (χ3n) is 3.83. The number of para-hydroxylation sites is 2. The van der Waals surface area contributed by atoms with Gasteiger partial charge in [0.2, 0.25) is 5.95 Å². The Morgan fingerprint density at radius 1 is 1.24 bits per heavy atom. The highest BCUT2D eigenvalue weighted by Gasteiger charge is 2.24. The molecule has 0 amide bonds. The van der Waals surface area contributed by atoms with Gasteiger partial charge in [0, 0.05) is 32.0 Å². The molecular weight excluding hydrogens is 264 g/mol. The maximum absolute atomic E-state index is 5.44. The van der Waals surface area contributed by atoms with Crippen LogP contribution >= 0.6 is 0 Å². The van der Waals surface area contributed by atoms with Gasteiger partial charge in [-0.05, 0) is 30.5 Å². The highest BCUT2D eigenvalue weighted by Crippen LogP contribution is 2.31. The summed E-state index contributed by atoms with van der Waals surface area (Å²) in [7, 11) is 1.72. The van der Waals surface area contributed by atoms with Crippen molar-refractivity contribution in [1.29, 1.82) is 0 Å². The van der Waals surface area contributed by atoms with Gasteiger partial charge in [0.15, 0.2) is 0 Å². The molecule has 2 heterocycles. The van der Waals surface area contributed by atoms with Crippen LogP contribution in [-0.2, 0) is 0 Å². The molecule has 1 fully saturated rings. The maximum atomic E-state index is 5.44. The van der Waals surface area contributed by atoms with Crippen LogP contribution in [0.4, 0.5) is 11.6 Å². The van der Waals surface area contributed by atoms with Gasteiger partial charge < -0.3 is 15.0 Å². The van der Waals surface area contributed by atoms with Crippen LogP contribution in [0.1, 0.15) is 6.42 Å². The normalized spacial score (nSPS) is 17.8. The van der Waals surface area contributed by atoms with Gasteiger partial charge in [0.05, 0.1) is 12.8 Å². The highest BCUT2D eigenvalue weighted by molar-refractivity contribution is 5.59. The fourth-order valence-electron chi connectivity index (χ4n) is 2.74. The molecule has 21 heavy (non-hydrogen) atoms. The number of methoxy groups -OCH3 is 1. The summed E-state index contributed by atoms with van der Waals surface area (Å²) in [5.74, 6) is 2.24. The molecule has 0 unspecified atom stereocenters. The Kier molecular flexibility index (Phi) is 4.19. The van der Waals surface area contributed by atoms with Crippen LogP contribution in [0.2, 0.25) is 0 Å². The summed E-state index contributed by atoms with van der Waals surface area (Å²) < 4.78 is 5.44. The standard InChI is InChI=1S/C16H20N4O/c1-21-15-6-3-2-5-14(15)20-10-7-13(12-20)11-19-16-17-8-4-9-18-16/h2-6,8-9,13H,7,10-12H2,1H3,(H,17,18,19)/t13-/m0/s1. The largest absolute Gasteiger partial charge is 0.495 e. The van der Waals surface area contributed by atoms with Gasteiger partial charge in [-0.3, -0.25) is 0 Å². The minimum absolute atomic E-state index is 0.596. The predicted molar refractivity (Wildman–Crippen MR) is 83.8 cm³/mol. The van der Waals surface area contributed by atoms with Crippen LogP contribution in [0.5, 0.6) is 5.75 Å². The molecule has 1 atom stereocenters. The summed E-state index contributed by atoms with van der Waals surface area (Å²) in [6, 6.07) is 10.0. The molecule has 1 aliphatic heterocycles. The van der Waals surface area contributed by atoms with Crippen molar-refractivity contribution >= 4 is 11.6 Å². The lowest BCUT2D eigenvalue weighted by atomic mass is 10.1. The summed E-state index contributed by atoms with van der Waals surface area (Å²) >= 11 is 0. The summed E-state index contributed by atoms with van der Waals surface area (Å²) in [4.78, 5) is 10.8. The molecule has 0 saturated carbocycles. The number of anilines is 2. The molecule has 3 rings (SSSR count). The van der Waals surface area contributed by atoms with Gasteiger partial charge in [-0.2, -0.15) is 0 Å². The van der Waals surface area contributed by atoms with Crippen LogP contribution in [0, 0.1) is 5.92 Å². The van der Waals surface area contributed by atoms with Crippen LogP contribution in [0.3, 0.4) is 0 Å². The predicted octanol–water partition coefficient (Wildman–Crippen LogP) is 2.42. The van der Waals surface area contributed by atoms with E-state index in [0.717, 1.165) is 31.8 Å². The highest BCUT2D eigenvalue weighted by atomic mass is 16.5. The van der Waals surface area contributed by atoms with E-state index in [1.165, 1.54) is 5.69 Å². The summed E-state index contributed by atoms with van der Waals surface area (Å²) in [5.41, 5.74) is 1.18. The second-order valence-corrected chi connectivity index (χ2v) is 5.23. The molecule has 1 aliphatic rings. The minimum atomic E-state index is 0.596. The van der Waals surface area contributed by atoms with Crippen molar-refractivity contribution in [2.24, 2.45) is 5.92 Å². The molecule has 0 bridgehead atoms. The lowest BCUT2D eigenvalue weighted by molar-refractivity contribution is 0.414. The molecule has 0 aliphatic carbocycles. The van der Waals surface area contributed by atoms with Gasteiger partial charge >= 0.3 is 0 Å². The molecule has 1 saturated heterocycles. The van der Waals surface area contributed by atoms with E-state index in [4.69, 9.17) is 4.74 Å². The zero-order valence-corrected chi connectivity index (χ0v) is 12.2. The lowest BCUT2D eigenvalue weighted by Gasteiger charge is -2.21. The third-order valence-corrected chi connectivity index (χ3v) is 3.83. The van der Waals surface area contributed by atoms with Gasteiger partial charge in [0.1, 0.15) is 5.75 Å². The number of nitrogens with one attached hydrogen (secondary N) is 1. The van der Waals surface area contributed by atoms with Crippen molar-refractivity contribution in [3.63, 3.8) is 0 Å². The average molecular weight is 284 g/mol. The first kappa shape index (κ1) is 13.7. The lowest BCUT2D eigenvalue weighted by Crippen LogP contribution is -2.23. The SMILES string of the molecule is COc1ccccc1N1CC[C@@H](CNc2ncccn2)C1. The Bertz CT molecular complexity index is 575. The minimum Gasteiger partial charge on any atom is -0.495 e. The van der Waals surface area contributed by atoms with Crippen LogP contribution in [0.25, 0.3) is 0 Å². The van der Waals surface area contributed by atoms with Crippen LogP contribution in [-0.4, -0.2) is 36.7 Å². The van der Waals surface area contributed by atoms with Crippen molar-refractivity contribution in [2.75, 3.05) is 37.0 Å². The molecule has 1 N–H and O–H groups in total. The third kappa shape index (κ3) is 3.24. The Morgan fingerprint density at radius 3 is 2.86 bits per heavy atom. The topological polar surface area (TPSA) is 50.3 Å². The van der Waals surface area contributed by atoms with Gasteiger partial charge in [-0.25, -0.2) is 9.97 Å². The summed E-state index contributed by atoms with van der Waals surface area (Å²) in [6.45, 7) is 2.98. The van der Waals surface area contributed by atoms with E-state index in [1.807, 2.05) is 18.2 Å². The first-order chi connectivity index (χ1) is 10.4. The fourth-order valence-corrected chi connectivity index (χ4v) is 2.74. The first-order valence-electron chi connectivity index (χ1n) is 7.25. The summed E-state index contributed by atoms with van der Waals surface area (Å²) in [5, 5.41) is 3.31. The van der Waals surface area contributed by atoms with Crippen molar-refractivity contribution in [2.45, 2.75) is 6.42 Å². The van der Waals surface area contributed by atoms with Crippen molar-refractivity contribution in [3.05, 3.63) is 42.7 Å². The van der Waals surface area contributed by atoms with Gasteiger partial charge in [0.25, 0.3) is 0 Å². The Balaban J connectivity index is 1.58. The number of hydrogen-bond donors (Lipinski definition) is 1. The molecule has 0 radical (unpaired) electrons. The van der Waals surface area contributed by atoms with Crippen molar-refractivity contribution < 1.29 is 4.74 Å². The monoisotopic (exact) mass is 284 g/mol. The number of benzene rings is 1. The number of hydrogen-bond acceptors (Lipinski definition) is 5. The Hall–Kier alpha value is -2.30. The molecule has 110 valence electrons. The average Bonchev–Trinajstić information content (AvgIpc) is 3.02. The van der Waals surface area contributed by atoms with Gasteiger partial charge in [-0.1, -0.05) is 12.1 Å². The van der Waals surface area contributed by atoms with E-state index in [0.29, 0.717) is 11.9 Å². The summed E-state index contributed by atoms with van der Waals surface area (Å²) in [6.07, 6.45) is 4.67. The zero-order valence-electron chi connectivity index (χ0n) is 12.2. The Labute approximate surface area is 125 Å². The van der Waals surface area contributed by atoms with Crippen LogP contribution in [0.15, 0.2) is 42.7 Å². The number of ether oxygens (including phenoxy) is 1. The smallest absolute Gasteiger partial charge is 0.222 e. The fraction of sp³-hybridized carbons (Fsp3) is 0.375. The van der Waals surface area contributed by atoms with E-state index in [2.05, 4.69) is 32.3 Å². The second-order valence-electron chi connectivity index (χ2n) is 5.23. The quantitative estimate of drug-likeness (QED) is 0.914. The van der Waals surface area contributed by atoms with E-state index >= 15 is 0 Å². The van der Waals surface area contributed by atoms with E-state index in [1.54, 1.807) is 19.5 Å². The Morgan fingerprint density at radius 2 is 2.05 bits per heavy atom. The number of aromatic nitrogens is 2. The molecule has 2 aromatic rings. The van der Waals surface area contributed by atoms with E-state index < -0.39 is 0 Å². The molecular formula is C16H20N4O. The van der Waals surface area contributed by atoms with Crippen molar-refractivity contribution in [1.82, 2.24) is 9.97 Å².